The predicted octanol–water partition coefficient (Wildman–Crippen LogP) is 3.17. The molecule has 0 heterocycles. The van der Waals surface area contributed by atoms with Gasteiger partial charge in [-0.2, -0.15) is 0 Å². The summed E-state index contributed by atoms with van der Waals surface area (Å²) in [5.74, 6) is -0.117. The van der Waals surface area contributed by atoms with Crippen molar-refractivity contribution in [3.8, 4) is 0 Å². The van der Waals surface area contributed by atoms with Crippen LogP contribution in [0.5, 0.6) is 0 Å². The van der Waals surface area contributed by atoms with Gasteiger partial charge in [0.25, 0.3) is 0 Å². The second-order valence-electron chi connectivity index (χ2n) is 5.70. The molecule has 0 bridgehead atoms. The molecule has 0 N–H and O–H groups in total. The topological polar surface area (TPSA) is 26.3 Å². The summed E-state index contributed by atoms with van der Waals surface area (Å²) in [4.78, 5) is 12.1. The van der Waals surface area contributed by atoms with Gasteiger partial charge in [-0.1, -0.05) is 50.3 Å². The number of esters is 1. The monoisotopic (exact) mass is 242 g/mol. The van der Waals surface area contributed by atoms with Gasteiger partial charge in [0.15, 0.2) is 0 Å². The Labute approximate surface area is 108 Å². The molecule has 0 aromatic heterocycles. The van der Waals surface area contributed by atoms with Crippen LogP contribution >= 0.6 is 0 Å². The van der Waals surface area contributed by atoms with Crippen LogP contribution in [0.25, 0.3) is 6.08 Å². The Morgan fingerprint density at radius 3 is 2.78 bits per heavy atom. The number of carbonyl (C=O) groups is 1. The number of rotatable bonds is 2. The number of carbonyl (C=O) groups excluding carboxylic acids is 1. The molecule has 1 aromatic rings. The van der Waals surface area contributed by atoms with Gasteiger partial charge in [0.1, 0.15) is 0 Å². The predicted molar refractivity (Wildman–Crippen MR) is 71.1 cm³/mol. The van der Waals surface area contributed by atoms with E-state index in [4.69, 9.17) is 4.74 Å². The molecule has 0 amide bonds. The van der Waals surface area contributed by atoms with Crippen LogP contribution in [0.15, 0.2) is 30.3 Å². The average Bonchev–Trinajstić information content (AvgIpc) is 2.66. The van der Waals surface area contributed by atoms with Crippen molar-refractivity contribution in [3.05, 3.63) is 41.5 Å². The highest BCUT2D eigenvalue weighted by Gasteiger charge is 2.75. The highest BCUT2D eigenvalue weighted by Crippen LogP contribution is 2.72. The first kappa shape index (κ1) is 11.5. The second kappa shape index (κ2) is 3.47. The van der Waals surface area contributed by atoms with E-state index in [-0.39, 0.29) is 22.7 Å². The highest BCUT2D eigenvalue weighted by molar-refractivity contribution is 5.86. The van der Waals surface area contributed by atoms with Gasteiger partial charge in [0, 0.05) is 5.41 Å². The normalized spacial score (nSPS) is 30.3. The lowest BCUT2D eigenvalue weighted by Crippen LogP contribution is -2.14. The van der Waals surface area contributed by atoms with Crippen molar-refractivity contribution < 1.29 is 9.53 Å². The Morgan fingerprint density at radius 1 is 1.33 bits per heavy atom. The van der Waals surface area contributed by atoms with E-state index < -0.39 is 0 Å². The fraction of sp³-hybridized carbons (Fsp3) is 0.438. The fourth-order valence-corrected chi connectivity index (χ4v) is 3.65. The summed E-state index contributed by atoms with van der Waals surface area (Å²) in [5, 5.41) is 0. The molecule has 1 aromatic carbocycles. The molecule has 2 aliphatic carbocycles. The van der Waals surface area contributed by atoms with Crippen LogP contribution in [0.4, 0.5) is 0 Å². The van der Waals surface area contributed by atoms with Crippen molar-refractivity contribution in [3.63, 3.8) is 0 Å². The molecular formula is C16H18O2. The van der Waals surface area contributed by atoms with Crippen LogP contribution in [0.2, 0.25) is 0 Å². The third-order valence-corrected chi connectivity index (χ3v) is 4.61. The van der Waals surface area contributed by atoms with Crippen molar-refractivity contribution in [2.45, 2.75) is 26.2 Å². The van der Waals surface area contributed by atoms with Gasteiger partial charge in [-0.15, -0.1) is 0 Å². The average molecular weight is 242 g/mol. The maximum atomic E-state index is 12.1. The van der Waals surface area contributed by atoms with Crippen LogP contribution in [0.3, 0.4) is 0 Å². The van der Waals surface area contributed by atoms with Crippen molar-refractivity contribution >= 4 is 12.0 Å². The zero-order chi connectivity index (χ0) is 13.0. The van der Waals surface area contributed by atoms with E-state index in [1.807, 2.05) is 19.1 Å². The number of hydrogen-bond acceptors (Lipinski definition) is 2. The second-order valence-corrected chi connectivity index (χ2v) is 5.70. The van der Waals surface area contributed by atoms with Crippen LogP contribution in [-0.4, -0.2) is 12.6 Å². The van der Waals surface area contributed by atoms with E-state index in [2.05, 4.69) is 38.1 Å². The number of hydrogen-bond donors (Lipinski definition) is 0. The number of benzene rings is 1. The van der Waals surface area contributed by atoms with Crippen molar-refractivity contribution in [1.82, 2.24) is 0 Å². The maximum absolute atomic E-state index is 12.1. The summed E-state index contributed by atoms with van der Waals surface area (Å²) in [6.07, 6.45) is 4.33. The summed E-state index contributed by atoms with van der Waals surface area (Å²) < 4.78 is 5.23. The van der Waals surface area contributed by atoms with Gasteiger partial charge in [0.2, 0.25) is 0 Å². The molecule has 2 heteroatoms. The van der Waals surface area contributed by atoms with E-state index in [1.54, 1.807) is 0 Å². The lowest BCUT2D eigenvalue weighted by Gasteiger charge is -2.13. The molecule has 18 heavy (non-hydrogen) atoms. The standard InChI is InChI=1S/C16H18O2/c1-4-18-14(17)13-15(2,3)16(13)10-9-11-7-5-6-8-12(11)16/h5-10,13H,4H2,1-3H3. The molecule has 1 saturated carbocycles. The SMILES string of the molecule is CCOC(=O)C1C(C)(C)C12C=Cc1ccccc12. The van der Waals surface area contributed by atoms with E-state index in [0.717, 1.165) is 0 Å². The number of allylic oxidation sites excluding steroid dienone is 1. The highest BCUT2D eigenvalue weighted by atomic mass is 16.5. The fourth-order valence-electron chi connectivity index (χ4n) is 3.65. The molecule has 2 aliphatic rings. The molecule has 2 unspecified atom stereocenters. The van der Waals surface area contributed by atoms with Gasteiger partial charge >= 0.3 is 5.97 Å². The van der Waals surface area contributed by atoms with Gasteiger partial charge in [-0.05, 0) is 23.5 Å². The molecular weight excluding hydrogens is 224 g/mol. The van der Waals surface area contributed by atoms with Crippen molar-refractivity contribution in [2.75, 3.05) is 6.61 Å². The minimum atomic E-state index is -0.143. The smallest absolute Gasteiger partial charge is 0.310 e. The first-order chi connectivity index (χ1) is 8.55. The zero-order valence-corrected chi connectivity index (χ0v) is 11.1. The minimum absolute atomic E-state index is 0.0511. The van der Waals surface area contributed by atoms with Crippen LogP contribution in [0.1, 0.15) is 31.9 Å². The number of fused-ring (bicyclic) bond motifs is 2. The van der Waals surface area contributed by atoms with Crippen LogP contribution < -0.4 is 0 Å². The van der Waals surface area contributed by atoms with E-state index >= 15 is 0 Å². The van der Waals surface area contributed by atoms with E-state index in [9.17, 15) is 4.79 Å². The van der Waals surface area contributed by atoms with Crippen molar-refractivity contribution in [2.24, 2.45) is 11.3 Å². The Morgan fingerprint density at radius 2 is 2.06 bits per heavy atom. The van der Waals surface area contributed by atoms with E-state index in [0.29, 0.717) is 6.61 Å². The largest absolute Gasteiger partial charge is 0.466 e. The maximum Gasteiger partial charge on any atom is 0.310 e. The summed E-state index contributed by atoms with van der Waals surface area (Å²) in [7, 11) is 0. The molecule has 2 atom stereocenters. The third-order valence-electron chi connectivity index (χ3n) is 4.61. The molecule has 1 spiro atoms. The van der Waals surface area contributed by atoms with E-state index in [1.165, 1.54) is 11.1 Å². The molecule has 0 radical (unpaired) electrons. The molecule has 94 valence electrons. The molecule has 2 nitrogen and oxygen atoms in total. The summed E-state index contributed by atoms with van der Waals surface area (Å²) in [6.45, 7) is 6.62. The van der Waals surface area contributed by atoms with Gasteiger partial charge in [-0.3, -0.25) is 4.79 Å². The zero-order valence-electron chi connectivity index (χ0n) is 11.1. The molecule has 0 aliphatic heterocycles. The van der Waals surface area contributed by atoms with Gasteiger partial charge in [-0.25, -0.2) is 0 Å². The summed E-state index contributed by atoms with van der Waals surface area (Å²) in [6, 6.07) is 8.33. The quantitative estimate of drug-likeness (QED) is 0.745. The number of ether oxygens (including phenoxy) is 1. The Balaban J connectivity index is 2.04. The Hall–Kier alpha value is -1.57. The molecule has 0 saturated heterocycles. The summed E-state index contributed by atoms with van der Waals surface area (Å²) in [5.41, 5.74) is 2.31. The first-order valence-corrected chi connectivity index (χ1v) is 6.51. The summed E-state index contributed by atoms with van der Waals surface area (Å²) >= 11 is 0. The van der Waals surface area contributed by atoms with Gasteiger partial charge in [0.05, 0.1) is 12.5 Å². The Kier molecular flexibility index (Phi) is 2.22. The lowest BCUT2D eigenvalue weighted by molar-refractivity contribution is -0.145. The molecule has 1 fully saturated rings. The van der Waals surface area contributed by atoms with Crippen LogP contribution in [-0.2, 0) is 14.9 Å². The van der Waals surface area contributed by atoms with Gasteiger partial charge < -0.3 is 4.74 Å². The first-order valence-electron chi connectivity index (χ1n) is 6.51. The minimum Gasteiger partial charge on any atom is -0.466 e. The Bertz CT molecular complexity index is 542. The van der Waals surface area contributed by atoms with Crippen LogP contribution in [0, 0.1) is 11.3 Å². The third kappa shape index (κ3) is 1.16. The lowest BCUT2D eigenvalue weighted by atomic mass is 9.90. The van der Waals surface area contributed by atoms with Crippen molar-refractivity contribution in [1.29, 1.82) is 0 Å². The molecule has 3 rings (SSSR count).